The van der Waals surface area contributed by atoms with E-state index in [1.54, 1.807) is 24.4 Å². The third-order valence-electron chi connectivity index (χ3n) is 16.9. The number of H-pyrrole nitrogens is 1. The highest BCUT2D eigenvalue weighted by atomic mass is 32.2. The molecule has 0 unspecified atom stereocenters. The number of amides is 1. The van der Waals surface area contributed by atoms with Crippen LogP contribution >= 0.6 is 0 Å². The lowest BCUT2D eigenvalue weighted by molar-refractivity contribution is -0.384. The van der Waals surface area contributed by atoms with E-state index in [-0.39, 0.29) is 69.9 Å². The van der Waals surface area contributed by atoms with Crippen molar-refractivity contribution in [3.8, 4) is 23.1 Å². The first-order chi connectivity index (χ1) is 34.6. The number of ether oxygens (including phenoxy) is 3. The van der Waals surface area contributed by atoms with Gasteiger partial charge in [-0.2, -0.15) is 4.98 Å². The number of hydrogen-bond donors (Lipinski definition) is 4. The molecule has 17 heteroatoms. The summed E-state index contributed by atoms with van der Waals surface area (Å²) in [6, 6.07) is 21.0. The van der Waals surface area contributed by atoms with Crippen molar-refractivity contribution >= 4 is 44.0 Å². The van der Waals surface area contributed by atoms with Crippen LogP contribution in [0.25, 0.3) is 11.0 Å². The van der Waals surface area contributed by atoms with Crippen LogP contribution in [0.3, 0.4) is 0 Å². The van der Waals surface area contributed by atoms with Crippen LogP contribution in [0.5, 0.6) is 23.1 Å². The predicted octanol–water partition coefficient (Wildman–Crippen LogP) is 10.2. The number of carbonyl (C=O) groups is 1. The fraction of sp³-hybridized carbons (Fsp3) is 0.527. The Kier molecular flexibility index (Phi) is 12.9. The average molecular weight is 1000 g/mol. The molecule has 0 bridgehead atoms. The van der Waals surface area contributed by atoms with Crippen molar-refractivity contribution in [2.75, 3.05) is 49.5 Å². The normalized spacial score (nSPS) is 23.3. The number of hydrogen-bond acceptors (Lipinski definition) is 13. The van der Waals surface area contributed by atoms with Crippen LogP contribution in [0.1, 0.15) is 132 Å². The number of aromatic amines is 1. The third-order valence-corrected chi connectivity index (χ3v) is 18.3. The van der Waals surface area contributed by atoms with Gasteiger partial charge in [-0.05, 0) is 142 Å². The zero-order chi connectivity index (χ0) is 49.9. The summed E-state index contributed by atoms with van der Waals surface area (Å²) in [6.45, 7) is 13.5. The van der Waals surface area contributed by atoms with Gasteiger partial charge in [-0.3, -0.25) is 19.8 Å². The van der Waals surface area contributed by atoms with Crippen LogP contribution in [-0.2, 0) is 10.0 Å². The number of benzene rings is 3. The summed E-state index contributed by atoms with van der Waals surface area (Å²) in [5.41, 5.74) is 4.56. The molecule has 2 saturated carbocycles. The van der Waals surface area contributed by atoms with Crippen molar-refractivity contribution in [3.63, 3.8) is 0 Å². The van der Waals surface area contributed by atoms with Gasteiger partial charge in [-0.15, -0.1) is 0 Å². The minimum Gasteiger partial charge on any atom is -0.489 e. The van der Waals surface area contributed by atoms with Crippen LogP contribution in [0, 0.1) is 26.9 Å². The van der Waals surface area contributed by atoms with Gasteiger partial charge in [0.05, 0.1) is 21.4 Å². The first-order valence-electron chi connectivity index (χ1n) is 26.2. The van der Waals surface area contributed by atoms with Crippen molar-refractivity contribution in [2.24, 2.45) is 16.7 Å². The summed E-state index contributed by atoms with van der Waals surface area (Å²) in [7, 11) is -4.68. The largest absolute Gasteiger partial charge is 0.489 e. The Bertz CT molecular complexity index is 2960. The Morgan fingerprint density at radius 3 is 2.50 bits per heavy atom. The molecule has 2 aromatic heterocycles. The standard InChI is InChI=1S/C55H68N8O8S/c1-34(2)41-8-5-6-9-42(41)45-10-7-23-62(45)38-30-55(31-38)19-24-61(25-20-55)37-11-12-43(47(27-37)71-49-26-36-15-22-57-51(36)59-53(49)70-39-16-21-56-32-39)52(64)60-72(67,68)40-28-46(63(65)66)50-48(29-40)69-33-44(58-50)35-13-17-54(3,4)18-14-35/h5-6,8-9,11-12,15,22,26-29,34-35,38-39,44-45,56,58H,7,10,13-14,16-21,23-25,30-33H2,1-4H3,(H,57,59)(H,60,64)/t39-,44+,45+/m0/s1. The number of aromatic nitrogens is 2. The maximum atomic E-state index is 14.4. The van der Waals surface area contributed by atoms with Crippen LogP contribution in [0.4, 0.5) is 17.1 Å². The van der Waals surface area contributed by atoms with E-state index in [9.17, 15) is 23.3 Å². The summed E-state index contributed by atoms with van der Waals surface area (Å²) < 4.78 is 49.8. The van der Waals surface area contributed by atoms with Crippen LogP contribution in [0.2, 0.25) is 0 Å². The number of carbonyl (C=O) groups excluding carboxylic acids is 1. The molecule has 3 atom stereocenters. The number of nitro benzene ring substituents is 1. The van der Waals surface area contributed by atoms with Crippen molar-refractivity contribution in [1.29, 1.82) is 0 Å². The summed E-state index contributed by atoms with van der Waals surface area (Å²) >= 11 is 0. The number of nitrogens with one attached hydrogen (secondary N) is 4. The summed E-state index contributed by atoms with van der Waals surface area (Å²) in [5, 5.41) is 20.0. The fourth-order valence-corrected chi connectivity index (χ4v) is 13.7. The van der Waals surface area contributed by atoms with E-state index < -0.39 is 31.4 Å². The van der Waals surface area contributed by atoms with Gasteiger partial charge in [-0.25, -0.2) is 13.1 Å². The van der Waals surface area contributed by atoms with E-state index in [0.29, 0.717) is 30.2 Å². The van der Waals surface area contributed by atoms with Gasteiger partial charge < -0.3 is 34.7 Å². The number of piperidine rings is 1. The SMILES string of the molecule is CC(C)c1ccccc1[C@H]1CCCN1C1CC2(CCN(c3ccc(C(=O)NS(=O)(=O)c4cc5c(c([N+](=O)[O-])c4)N[C@@H](C4CCC(C)(C)CC4)CO5)c(Oc4cc5cc[nH]c5nc4O[C@H]4CCNC4)c3)CC2)C1. The molecule has 6 heterocycles. The topological polar surface area (TPSA) is 193 Å². The number of nitrogens with zero attached hydrogens (tertiary/aromatic N) is 4. The maximum absolute atomic E-state index is 14.4. The minimum absolute atomic E-state index is 0.0452. The van der Waals surface area contributed by atoms with E-state index in [1.165, 1.54) is 42.9 Å². The Morgan fingerprint density at radius 1 is 0.958 bits per heavy atom. The number of sulfonamides is 1. The quantitative estimate of drug-likeness (QED) is 0.0644. The Labute approximate surface area is 422 Å². The predicted molar refractivity (Wildman–Crippen MR) is 277 cm³/mol. The molecule has 6 aliphatic rings. The Morgan fingerprint density at radius 2 is 1.75 bits per heavy atom. The number of fused-ring (bicyclic) bond motifs is 2. The second-order valence-electron chi connectivity index (χ2n) is 22.5. The Hall–Kier alpha value is -5.91. The van der Waals surface area contributed by atoms with Crippen LogP contribution in [-0.4, -0.2) is 91.6 Å². The number of likely N-dealkylation sites (tertiary alicyclic amines) is 1. The zero-order valence-electron chi connectivity index (χ0n) is 41.9. The van der Waals surface area contributed by atoms with E-state index in [2.05, 4.69) is 82.1 Å². The van der Waals surface area contributed by atoms with Gasteiger partial charge >= 0.3 is 0 Å². The lowest BCUT2D eigenvalue weighted by Gasteiger charge is -2.56. The first kappa shape index (κ1) is 48.4. The monoisotopic (exact) mass is 1000 g/mol. The minimum atomic E-state index is -4.68. The second-order valence-corrected chi connectivity index (χ2v) is 24.2. The van der Waals surface area contributed by atoms with Gasteiger partial charge in [0.1, 0.15) is 24.1 Å². The van der Waals surface area contributed by atoms with Gasteiger partial charge in [0.2, 0.25) is 0 Å². The highest BCUT2D eigenvalue weighted by Crippen LogP contribution is 2.55. The molecular formula is C55H68N8O8S. The highest BCUT2D eigenvalue weighted by Gasteiger charge is 2.50. The molecule has 5 aromatic rings. The molecule has 3 aromatic carbocycles. The molecule has 16 nitrogen and oxygen atoms in total. The summed E-state index contributed by atoms with van der Waals surface area (Å²) in [6.07, 6.45) is 13.3. The molecule has 4 N–H and O–H groups in total. The molecule has 1 amide bonds. The second kappa shape index (κ2) is 19.2. The molecule has 1 spiro atoms. The van der Waals surface area contributed by atoms with E-state index in [4.69, 9.17) is 19.2 Å². The molecule has 4 aliphatic heterocycles. The van der Waals surface area contributed by atoms with E-state index in [0.717, 1.165) is 88.3 Å². The maximum Gasteiger partial charge on any atom is 0.297 e. The van der Waals surface area contributed by atoms with Crippen LogP contribution < -0.4 is 34.5 Å². The highest BCUT2D eigenvalue weighted by molar-refractivity contribution is 7.90. The lowest BCUT2D eigenvalue weighted by Crippen LogP contribution is -2.54. The number of pyridine rings is 1. The summed E-state index contributed by atoms with van der Waals surface area (Å²) in [4.78, 5) is 38.9. The van der Waals surface area contributed by atoms with Crippen molar-refractivity contribution in [3.05, 3.63) is 99.7 Å². The third kappa shape index (κ3) is 9.59. The number of nitro groups is 1. The van der Waals surface area contributed by atoms with Crippen molar-refractivity contribution < 1.29 is 32.3 Å². The molecule has 382 valence electrons. The average Bonchev–Trinajstić information content (AvgIpc) is 4.16. The van der Waals surface area contributed by atoms with Crippen LogP contribution in [0.15, 0.2) is 77.8 Å². The molecule has 2 aliphatic carbocycles. The first-order valence-corrected chi connectivity index (χ1v) is 27.7. The van der Waals surface area contributed by atoms with Gasteiger partial charge in [0, 0.05) is 67.2 Å². The number of rotatable bonds is 13. The molecular weight excluding hydrogens is 933 g/mol. The van der Waals surface area contributed by atoms with E-state index in [1.807, 2.05) is 12.1 Å². The van der Waals surface area contributed by atoms with Gasteiger partial charge in [0.15, 0.2) is 17.2 Å². The molecule has 0 radical (unpaired) electrons. The molecule has 3 saturated heterocycles. The fourth-order valence-electron chi connectivity index (χ4n) is 12.7. The molecule has 5 fully saturated rings. The van der Waals surface area contributed by atoms with E-state index >= 15 is 0 Å². The Balaban J connectivity index is 0.842. The zero-order valence-corrected chi connectivity index (χ0v) is 42.7. The smallest absolute Gasteiger partial charge is 0.297 e. The molecule has 11 rings (SSSR count). The van der Waals surface area contributed by atoms with Gasteiger partial charge in [-0.1, -0.05) is 52.0 Å². The van der Waals surface area contributed by atoms with Crippen molar-refractivity contribution in [2.45, 2.75) is 133 Å². The number of anilines is 2. The summed E-state index contributed by atoms with van der Waals surface area (Å²) in [5.74, 6) is 0.431. The van der Waals surface area contributed by atoms with Crippen molar-refractivity contribution in [1.82, 2.24) is 24.9 Å². The lowest BCUT2D eigenvalue weighted by atomic mass is 9.59. The van der Waals surface area contributed by atoms with Gasteiger partial charge in [0.25, 0.3) is 27.5 Å². The molecule has 72 heavy (non-hydrogen) atoms.